The van der Waals surface area contributed by atoms with Crippen molar-refractivity contribution in [1.29, 1.82) is 0 Å². The molecule has 1 aliphatic heterocycles. The Morgan fingerprint density at radius 1 is 1.47 bits per heavy atom. The van der Waals surface area contributed by atoms with Crippen molar-refractivity contribution in [3.63, 3.8) is 0 Å². The Morgan fingerprint density at radius 2 is 2.32 bits per heavy atom. The zero-order chi connectivity index (χ0) is 13.7. The molecule has 1 aliphatic rings. The van der Waals surface area contributed by atoms with Gasteiger partial charge in [0, 0.05) is 18.6 Å². The third-order valence-corrected chi connectivity index (χ3v) is 4.09. The van der Waals surface area contributed by atoms with Crippen LogP contribution in [0.2, 0.25) is 0 Å². The molecule has 0 aromatic heterocycles. The van der Waals surface area contributed by atoms with Crippen LogP contribution in [0, 0.1) is 5.92 Å². The fourth-order valence-corrected chi connectivity index (χ4v) is 3.09. The Bertz CT molecular complexity index is 405. The summed E-state index contributed by atoms with van der Waals surface area (Å²) in [5.41, 5.74) is 1.30. The molecule has 2 unspecified atom stereocenters. The molecule has 1 aromatic rings. The van der Waals surface area contributed by atoms with E-state index in [2.05, 4.69) is 40.3 Å². The SMILES string of the molecule is CCNC(c1ccc(OCC)c(Br)c1)C1CCOC1. The zero-order valence-corrected chi connectivity index (χ0v) is 13.2. The van der Waals surface area contributed by atoms with Gasteiger partial charge in [-0.25, -0.2) is 0 Å². The minimum Gasteiger partial charge on any atom is -0.493 e. The molecule has 19 heavy (non-hydrogen) atoms. The van der Waals surface area contributed by atoms with Crippen LogP contribution in [-0.4, -0.2) is 26.4 Å². The normalized spacial score (nSPS) is 20.5. The molecule has 4 heteroatoms. The molecule has 0 radical (unpaired) electrons. The summed E-state index contributed by atoms with van der Waals surface area (Å²) in [5.74, 6) is 1.47. The smallest absolute Gasteiger partial charge is 0.133 e. The average Bonchev–Trinajstić information content (AvgIpc) is 2.92. The largest absolute Gasteiger partial charge is 0.493 e. The quantitative estimate of drug-likeness (QED) is 0.866. The molecule has 0 amide bonds. The van der Waals surface area contributed by atoms with E-state index in [-0.39, 0.29) is 0 Å². The standard InChI is InChI=1S/C15H22BrNO2/c1-3-17-15(12-7-8-18-10-12)11-5-6-14(19-4-2)13(16)9-11/h5-6,9,12,15,17H,3-4,7-8,10H2,1-2H3. The van der Waals surface area contributed by atoms with Gasteiger partial charge < -0.3 is 14.8 Å². The molecule has 0 spiro atoms. The van der Waals surface area contributed by atoms with Crippen LogP contribution in [0.25, 0.3) is 0 Å². The van der Waals surface area contributed by atoms with E-state index < -0.39 is 0 Å². The van der Waals surface area contributed by atoms with Crippen LogP contribution in [0.15, 0.2) is 22.7 Å². The second kappa shape index (κ2) is 7.27. The van der Waals surface area contributed by atoms with Crippen LogP contribution in [-0.2, 0) is 4.74 Å². The molecule has 3 nitrogen and oxygen atoms in total. The van der Waals surface area contributed by atoms with Crippen molar-refractivity contribution < 1.29 is 9.47 Å². The molecular weight excluding hydrogens is 306 g/mol. The number of nitrogens with one attached hydrogen (secondary N) is 1. The first-order chi connectivity index (χ1) is 9.26. The maximum atomic E-state index is 5.56. The highest BCUT2D eigenvalue weighted by molar-refractivity contribution is 9.10. The van der Waals surface area contributed by atoms with E-state index in [9.17, 15) is 0 Å². The van der Waals surface area contributed by atoms with Gasteiger partial charge in [0.1, 0.15) is 5.75 Å². The molecule has 1 heterocycles. The minimum atomic E-state index is 0.361. The molecule has 1 fully saturated rings. The predicted molar refractivity (Wildman–Crippen MR) is 80.7 cm³/mol. The molecule has 1 saturated heterocycles. The van der Waals surface area contributed by atoms with Gasteiger partial charge >= 0.3 is 0 Å². The Balaban J connectivity index is 2.18. The first-order valence-electron chi connectivity index (χ1n) is 6.99. The summed E-state index contributed by atoms with van der Waals surface area (Å²) in [6.07, 6.45) is 1.13. The summed E-state index contributed by atoms with van der Waals surface area (Å²) in [4.78, 5) is 0. The molecule has 2 rings (SSSR count). The van der Waals surface area contributed by atoms with Gasteiger partial charge in [0.05, 0.1) is 17.7 Å². The van der Waals surface area contributed by atoms with Crippen molar-refractivity contribution in [2.45, 2.75) is 26.3 Å². The average molecular weight is 328 g/mol. The van der Waals surface area contributed by atoms with Crippen molar-refractivity contribution in [2.75, 3.05) is 26.4 Å². The molecule has 1 N–H and O–H groups in total. The van der Waals surface area contributed by atoms with Gasteiger partial charge in [-0.3, -0.25) is 0 Å². The Hall–Kier alpha value is -0.580. The van der Waals surface area contributed by atoms with E-state index in [4.69, 9.17) is 9.47 Å². The number of hydrogen-bond donors (Lipinski definition) is 1. The molecule has 0 bridgehead atoms. The van der Waals surface area contributed by atoms with Gasteiger partial charge in [-0.05, 0) is 53.5 Å². The molecule has 106 valence electrons. The van der Waals surface area contributed by atoms with E-state index in [0.29, 0.717) is 18.6 Å². The summed E-state index contributed by atoms with van der Waals surface area (Å²) in [6.45, 7) is 7.52. The first kappa shape index (κ1) is 14.8. The van der Waals surface area contributed by atoms with Crippen molar-refractivity contribution in [3.8, 4) is 5.75 Å². The summed E-state index contributed by atoms with van der Waals surface area (Å²) in [6, 6.07) is 6.72. The van der Waals surface area contributed by atoms with Crippen LogP contribution in [0.5, 0.6) is 5.75 Å². The molecule has 0 aliphatic carbocycles. The maximum Gasteiger partial charge on any atom is 0.133 e. The lowest BCUT2D eigenvalue weighted by Crippen LogP contribution is -2.28. The highest BCUT2D eigenvalue weighted by atomic mass is 79.9. The van der Waals surface area contributed by atoms with Crippen molar-refractivity contribution >= 4 is 15.9 Å². The van der Waals surface area contributed by atoms with Crippen LogP contribution < -0.4 is 10.1 Å². The van der Waals surface area contributed by atoms with Crippen molar-refractivity contribution in [1.82, 2.24) is 5.32 Å². The second-order valence-corrected chi connectivity index (χ2v) is 5.64. The number of hydrogen-bond acceptors (Lipinski definition) is 3. The topological polar surface area (TPSA) is 30.5 Å². The minimum absolute atomic E-state index is 0.361. The van der Waals surface area contributed by atoms with E-state index in [1.807, 2.05) is 13.0 Å². The maximum absolute atomic E-state index is 5.56. The number of rotatable bonds is 6. The Labute approximate surface area is 123 Å². The van der Waals surface area contributed by atoms with Crippen LogP contribution in [0.4, 0.5) is 0 Å². The van der Waals surface area contributed by atoms with Gasteiger partial charge in [0.15, 0.2) is 0 Å². The van der Waals surface area contributed by atoms with Gasteiger partial charge in [-0.15, -0.1) is 0 Å². The van der Waals surface area contributed by atoms with E-state index >= 15 is 0 Å². The van der Waals surface area contributed by atoms with Gasteiger partial charge in [-0.2, -0.15) is 0 Å². The lowest BCUT2D eigenvalue weighted by Gasteiger charge is -2.24. The highest BCUT2D eigenvalue weighted by Gasteiger charge is 2.26. The third kappa shape index (κ3) is 3.71. The fourth-order valence-electron chi connectivity index (χ4n) is 2.58. The lowest BCUT2D eigenvalue weighted by atomic mass is 9.92. The molecule has 1 aromatic carbocycles. The summed E-state index contributed by atoms with van der Waals surface area (Å²) in [5, 5.41) is 3.58. The van der Waals surface area contributed by atoms with Crippen LogP contribution in [0.3, 0.4) is 0 Å². The Morgan fingerprint density at radius 3 is 2.89 bits per heavy atom. The number of benzene rings is 1. The number of ether oxygens (including phenoxy) is 2. The van der Waals surface area contributed by atoms with Gasteiger partial charge in [0.25, 0.3) is 0 Å². The van der Waals surface area contributed by atoms with Crippen LogP contribution in [0.1, 0.15) is 31.9 Å². The summed E-state index contributed by atoms with van der Waals surface area (Å²) >= 11 is 3.59. The van der Waals surface area contributed by atoms with E-state index in [1.165, 1.54) is 5.56 Å². The summed E-state index contributed by atoms with van der Waals surface area (Å²) < 4.78 is 12.1. The van der Waals surface area contributed by atoms with E-state index in [0.717, 1.165) is 36.4 Å². The molecule has 0 saturated carbocycles. The summed E-state index contributed by atoms with van der Waals surface area (Å²) in [7, 11) is 0. The van der Waals surface area contributed by atoms with Crippen LogP contribution >= 0.6 is 15.9 Å². The second-order valence-electron chi connectivity index (χ2n) is 4.78. The van der Waals surface area contributed by atoms with Gasteiger partial charge in [-0.1, -0.05) is 13.0 Å². The van der Waals surface area contributed by atoms with Crippen molar-refractivity contribution in [2.24, 2.45) is 5.92 Å². The van der Waals surface area contributed by atoms with E-state index in [1.54, 1.807) is 0 Å². The monoisotopic (exact) mass is 327 g/mol. The lowest BCUT2D eigenvalue weighted by molar-refractivity contribution is 0.177. The number of halogens is 1. The highest BCUT2D eigenvalue weighted by Crippen LogP contribution is 2.33. The zero-order valence-electron chi connectivity index (χ0n) is 11.6. The molecule has 2 atom stereocenters. The predicted octanol–water partition coefficient (Wildman–Crippen LogP) is 3.53. The fraction of sp³-hybridized carbons (Fsp3) is 0.600. The molecular formula is C15H22BrNO2. The first-order valence-corrected chi connectivity index (χ1v) is 7.79. The van der Waals surface area contributed by atoms with Gasteiger partial charge in [0.2, 0.25) is 0 Å². The van der Waals surface area contributed by atoms with Crippen molar-refractivity contribution in [3.05, 3.63) is 28.2 Å². The Kier molecular flexibility index (Phi) is 5.67. The third-order valence-electron chi connectivity index (χ3n) is 3.48.